The SMILES string of the molecule is CCc1ccc(C[NH+]2CCC(Nc3ccccc3F)CC2)cc1. The van der Waals surface area contributed by atoms with Gasteiger partial charge in [0.25, 0.3) is 0 Å². The minimum atomic E-state index is -0.154. The van der Waals surface area contributed by atoms with Gasteiger partial charge in [-0.25, -0.2) is 4.39 Å². The summed E-state index contributed by atoms with van der Waals surface area (Å²) in [7, 11) is 0. The summed E-state index contributed by atoms with van der Waals surface area (Å²) in [5.41, 5.74) is 3.45. The van der Waals surface area contributed by atoms with Crippen LogP contribution < -0.4 is 10.2 Å². The molecule has 2 aromatic carbocycles. The van der Waals surface area contributed by atoms with Crippen molar-refractivity contribution >= 4 is 5.69 Å². The topological polar surface area (TPSA) is 16.5 Å². The minimum Gasteiger partial charge on any atom is -0.379 e. The van der Waals surface area contributed by atoms with Crippen molar-refractivity contribution in [3.8, 4) is 0 Å². The van der Waals surface area contributed by atoms with Gasteiger partial charge in [0.2, 0.25) is 0 Å². The lowest BCUT2D eigenvalue weighted by Gasteiger charge is -2.30. The maximum atomic E-state index is 13.7. The molecular weight excluding hydrogens is 287 g/mol. The maximum absolute atomic E-state index is 13.7. The van der Waals surface area contributed by atoms with Crippen LogP contribution in [0.5, 0.6) is 0 Å². The molecule has 1 aliphatic rings. The molecule has 0 amide bonds. The largest absolute Gasteiger partial charge is 0.379 e. The second-order valence-corrected chi connectivity index (χ2v) is 6.50. The minimum absolute atomic E-state index is 0.154. The number of piperidine rings is 1. The molecule has 0 unspecified atom stereocenters. The molecule has 2 aromatic rings. The Hall–Kier alpha value is -1.87. The van der Waals surface area contributed by atoms with Crippen LogP contribution in [0.4, 0.5) is 10.1 Å². The summed E-state index contributed by atoms with van der Waals surface area (Å²) in [6.45, 7) is 5.56. The van der Waals surface area contributed by atoms with Crippen LogP contribution in [0.15, 0.2) is 48.5 Å². The van der Waals surface area contributed by atoms with Gasteiger partial charge in [0.05, 0.1) is 18.8 Å². The second-order valence-electron chi connectivity index (χ2n) is 6.50. The molecule has 2 nitrogen and oxygen atoms in total. The summed E-state index contributed by atoms with van der Waals surface area (Å²) in [5, 5.41) is 3.36. The Morgan fingerprint density at radius 3 is 2.30 bits per heavy atom. The standard InChI is InChI=1S/C20H25FN2/c1-2-16-7-9-17(10-8-16)15-23-13-11-18(12-14-23)22-20-6-4-3-5-19(20)21/h3-10,18,22H,2,11-15H2,1H3/p+1. The van der Waals surface area contributed by atoms with Gasteiger partial charge in [0, 0.05) is 24.4 Å². The average molecular weight is 313 g/mol. The van der Waals surface area contributed by atoms with Crippen LogP contribution in [-0.2, 0) is 13.0 Å². The molecule has 0 spiro atoms. The van der Waals surface area contributed by atoms with Crippen LogP contribution in [0.1, 0.15) is 30.9 Å². The predicted molar refractivity (Wildman–Crippen MR) is 93.3 cm³/mol. The Kier molecular flexibility index (Phi) is 5.29. The lowest BCUT2D eigenvalue weighted by atomic mass is 10.0. The molecule has 0 radical (unpaired) electrons. The molecule has 2 N–H and O–H groups in total. The third kappa shape index (κ3) is 4.32. The van der Waals surface area contributed by atoms with Gasteiger partial charge >= 0.3 is 0 Å². The smallest absolute Gasteiger partial charge is 0.146 e. The normalized spacial score (nSPS) is 21.1. The summed E-state index contributed by atoms with van der Waals surface area (Å²) < 4.78 is 13.7. The third-order valence-corrected chi connectivity index (χ3v) is 4.81. The van der Waals surface area contributed by atoms with Gasteiger partial charge in [-0.1, -0.05) is 43.3 Å². The molecule has 1 aliphatic heterocycles. The Balaban J connectivity index is 1.49. The van der Waals surface area contributed by atoms with E-state index >= 15 is 0 Å². The molecule has 3 rings (SSSR count). The highest BCUT2D eigenvalue weighted by Gasteiger charge is 2.22. The van der Waals surface area contributed by atoms with E-state index in [1.807, 2.05) is 12.1 Å². The van der Waals surface area contributed by atoms with Crippen molar-refractivity contribution in [2.45, 2.75) is 38.8 Å². The van der Waals surface area contributed by atoms with Crippen LogP contribution in [0.2, 0.25) is 0 Å². The van der Waals surface area contributed by atoms with Crippen LogP contribution in [0, 0.1) is 5.82 Å². The Bertz CT molecular complexity index is 616. The summed E-state index contributed by atoms with van der Waals surface area (Å²) >= 11 is 0. The second kappa shape index (κ2) is 7.60. The first kappa shape index (κ1) is 16.0. The fourth-order valence-corrected chi connectivity index (χ4v) is 3.33. The van der Waals surface area contributed by atoms with Gasteiger partial charge in [-0.3, -0.25) is 0 Å². The first-order valence-corrected chi connectivity index (χ1v) is 8.67. The molecule has 0 bridgehead atoms. The number of likely N-dealkylation sites (tertiary alicyclic amines) is 1. The molecule has 0 atom stereocenters. The van der Waals surface area contributed by atoms with Crippen molar-refractivity contribution in [1.29, 1.82) is 0 Å². The number of hydrogen-bond donors (Lipinski definition) is 2. The summed E-state index contributed by atoms with van der Waals surface area (Å²) in [6, 6.07) is 16.3. The Labute approximate surface area is 138 Å². The lowest BCUT2D eigenvalue weighted by molar-refractivity contribution is -0.918. The molecule has 0 aromatic heterocycles. The summed E-state index contributed by atoms with van der Waals surface area (Å²) in [4.78, 5) is 1.63. The first-order valence-electron chi connectivity index (χ1n) is 8.67. The molecule has 1 fully saturated rings. The number of hydrogen-bond acceptors (Lipinski definition) is 1. The highest BCUT2D eigenvalue weighted by Crippen LogP contribution is 2.16. The van der Waals surface area contributed by atoms with Gasteiger partial charge in [0.15, 0.2) is 0 Å². The predicted octanol–water partition coefficient (Wildman–Crippen LogP) is 3.05. The van der Waals surface area contributed by atoms with Crippen molar-refractivity contribution in [3.63, 3.8) is 0 Å². The van der Waals surface area contributed by atoms with E-state index in [4.69, 9.17) is 0 Å². The van der Waals surface area contributed by atoms with E-state index < -0.39 is 0 Å². The van der Waals surface area contributed by atoms with Gasteiger partial charge < -0.3 is 10.2 Å². The van der Waals surface area contributed by atoms with Crippen LogP contribution in [-0.4, -0.2) is 19.1 Å². The van der Waals surface area contributed by atoms with Gasteiger partial charge in [0.1, 0.15) is 12.4 Å². The quantitative estimate of drug-likeness (QED) is 0.867. The van der Waals surface area contributed by atoms with Crippen molar-refractivity contribution < 1.29 is 9.29 Å². The van der Waals surface area contributed by atoms with E-state index in [9.17, 15) is 4.39 Å². The zero-order valence-electron chi connectivity index (χ0n) is 13.8. The highest BCUT2D eigenvalue weighted by atomic mass is 19.1. The summed E-state index contributed by atoms with van der Waals surface area (Å²) in [5.74, 6) is -0.154. The molecular formula is C20H26FN2+. The van der Waals surface area contributed by atoms with Gasteiger partial charge in [-0.15, -0.1) is 0 Å². The number of rotatable bonds is 5. The molecule has 122 valence electrons. The number of aryl methyl sites for hydroxylation is 1. The number of nitrogens with one attached hydrogen (secondary N) is 2. The molecule has 3 heteroatoms. The number of quaternary nitrogens is 1. The van der Waals surface area contributed by atoms with Gasteiger partial charge in [-0.05, 0) is 24.1 Å². The van der Waals surface area contributed by atoms with Crippen LogP contribution in [0.3, 0.4) is 0 Å². The highest BCUT2D eigenvalue weighted by molar-refractivity contribution is 5.45. The van der Waals surface area contributed by atoms with Crippen molar-refractivity contribution in [1.82, 2.24) is 0 Å². The van der Waals surface area contributed by atoms with E-state index in [1.54, 1.807) is 11.0 Å². The van der Waals surface area contributed by atoms with E-state index in [-0.39, 0.29) is 5.82 Å². The van der Waals surface area contributed by atoms with Crippen molar-refractivity contribution in [2.75, 3.05) is 18.4 Å². The Morgan fingerprint density at radius 2 is 1.65 bits per heavy atom. The zero-order valence-corrected chi connectivity index (χ0v) is 13.8. The average Bonchev–Trinajstić information content (AvgIpc) is 2.59. The molecule has 1 heterocycles. The van der Waals surface area contributed by atoms with Crippen molar-refractivity contribution in [2.24, 2.45) is 0 Å². The number of anilines is 1. The third-order valence-electron chi connectivity index (χ3n) is 4.81. The van der Waals surface area contributed by atoms with E-state index in [0.29, 0.717) is 11.7 Å². The number of benzene rings is 2. The number of halogens is 1. The zero-order chi connectivity index (χ0) is 16.1. The van der Waals surface area contributed by atoms with Crippen molar-refractivity contribution in [3.05, 3.63) is 65.5 Å². The fourth-order valence-electron chi connectivity index (χ4n) is 3.33. The van der Waals surface area contributed by atoms with E-state index in [1.165, 1.54) is 17.2 Å². The van der Waals surface area contributed by atoms with Crippen LogP contribution >= 0.6 is 0 Å². The monoisotopic (exact) mass is 313 g/mol. The van der Waals surface area contributed by atoms with E-state index in [2.05, 4.69) is 36.5 Å². The molecule has 0 aliphatic carbocycles. The van der Waals surface area contributed by atoms with Crippen LogP contribution in [0.25, 0.3) is 0 Å². The number of para-hydroxylation sites is 1. The van der Waals surface area contributed by atoms with E-state index in [0.717, 1.165) is 38.9 Å². The van der Waals surface area contributed by atoms with Gasteiger partial charge in [-0.2, -0.15) is 0 Å². The summed E-state index contributed by atoms with van der Waals surface area (Å²) in [6.07, 6.45) is 3.29. The molecule has 0 saturated carbocycles. The Morgan fingerprint density at radius 1 is 1.00 bits per heavy atom. The fraction of sp³-hybridized carbons (Fsp3) is 0.400. The molecule has 23 heavy (non-hydrogen) atoms. The molecule has 1 saturated heterocycles. The first-order chi connectivity index (χ1) is 11.2. The lowest BCUT2D eigenvalue weighted by Crippen LogP contribution is -3.12. The maximum Gasteiger partial charge on any atom is 0.146 e.